The molecule has 1 amide bonds. The molecule has 0 aliphatic carbocycles. The summed E-state index contributed by atoms with van der Waals surface area (Å²) >= 11 is 0. The SMILES string of the molecule is [2H]C([2H])([2H])Oc1ccc2[nH]cc(CC(=O)N(C)C)c2c1. The second kappa shape index (κ2) is 4.49. The molecule has 1 heterocycles. The first-order valence-corrected chi connectivity index (χ1v) is 5.25. The Balaban J connectivity index is 2.33. The van der Waals surface area contributed by atoms with Crippen LogP contribution >= 0.6 is 0 Å². The van der Waals surface area contributed by atoms with E-state index in [4.69, 9.17) is 8.85 Å². The number of hydrogen-bond acceptors (Lipinski definition) is 2. The molecule has 1 aromatic heterocycles. The van der Waals surface area contributed by atoms with Crippen molar-refractivity contribution in [3.63, 3.8) is 0 Å². The molecule has 4 heteroatoms. The largest absolute Gasteiger partial charge is 0.497 e. The van der Waals surface area contributed by atoms with E-state index in [-0.39, 0.29) is 18.1 Å². The molecule has 2 aromatic rings. The van der Waals surface area contributed by atoms with E-state index in [1.54, 1.807) is 38.5 Å². The van der Waals surface area contributed by atoms with Crippen LogP contribution in [-0.2, 0) is 11.2 Å². The smallest absolute Gasteiger partial charge is 0.226 e. The van der Waals surface area contributed by atoms with Gasteiger partial charge in [0.05, 0.1) is 17.6 Å². The molecule has 4 nitrogen and oxygen atoms in total. The van der Waals surface area contributed by atoms with Crippen LogP contribution in [0.3, 0.4) is 0 Å². The van der Waals surface area contributed by atoms with Crippen LogP contribution in [0.25, 0.3) is 10.9 Å². The summed E-state index contributed by atoms with van der Waals surface area (Å²) in [5.41, 5.74) is 1.65. The lowest BCUT2D eigenvalue weighted by Gasteiger charge is -2.09. The van der Waals surface area contributed by atoms with Crippen LogP contribution in [0.1, 0.15) is 9.68 Å². The summed E-state index contributed by atoms with van der Waals surface area (Å²) in [5.74, 6) is 0.240. The number of likely N-dealkylation sites (N-methyl/N-ethyl adjacent to an activating group) is 1. The Morgan fingerprint density at radius 2 is 2.35 bits per heavy atom. The van der Waals surface area contributed by atoms with Crippen LogP contribution in [0, 0.1) is 0 Å². The van der Waals surface area contributed by atoms with E-state index in [2.05, 4.69) is 4.98 Å². The van der Waals surface area contributed by atoms with Gasteiger partial charge in [0, 0.05) is 31.2 Å². The maximum Gasteiger partial charge on any atom is 0.226 e. The second-order valence-corrected chi connectivity index (χ2v) is 4.09. The molecule has 0 atom stereocenters. The molecule has 0 saturated heterocycles. The zero-order chi connectivity index (χ0) is 14.9. The van der Waals surface area contributed by atoms with Crippen LogP contribution in [-0.4, -0.2) is 36.9 Å². The predicted molar refractivity (Wildman–Crippen MR) is 67.2 cm³/mol. The maximum atomic E-state index is 11.8. The minimum Gasteiger partial charge on any atom is -0.497 e. The highest BCUT2D eigenvalue weighted by Crippen LogP contribution is 2.24. The van der Waals surface area contributed by atoms with Gasteiger partial charge >= 0.3 is 0 Å². The maximum absolute atomic E-state index is 11.8. The van der Waals surface area contributed by atoms with Gasteiger partial charge < -0.3 is 14.6 Å². The van der Waals surface area contributed by atoms with Crippen LogP contribution in [0.2, 0.25) is 0 Å². The number of rotatable bonds is 3. The lowest BCUT2D eigenvalue weighted by Crippen LogP contribution is -2.23. The van der Waals surface area contributed by atoms with Gasteiger partial charge in [-0.1, -0.05) is 0 Å². The third kappa shape index (κ3) is 2.25. The number of fused-ring (bicyclic) bond motifs is 1. The third-order valence-electron chi connectivity index (χ3n) is 2.70. The number of aromatic amines is 1. The molecular formula is C13H16N2O2. The molecule has 0 bridgehead atoms. The number of methoxy groups -OCH3 is 1. The van der Waals surface area contributed by atoms with Gasteiger partial charge in [0.15, 0.2) is 0 Å². The number of benzene rings is 1. The van der Waals surface area contributed by atoms with Crippen molar-refractivity contribution in [1.82, 2.24) is 9.88 Å². The van der Waals surface area contributed by atoms with Crippen molar-refractivity contribution in [1.29, 1.82) is 0 Å². The van der Waals surface area contributed by atoms with Gasteiger partial charge in [0.25, 0.3) is 0 Å². The zero-order valence-corrected chi connectivity index (χ0v) is 9.78. The summed E-state index contributed by atoms with van der Waals surface area (Å²) in [6, 6.07) is 4.96. The molecule has 0 unspecified atom stereocenters. The Bertz CT molecular complexity index is 632. The van der Waals surface area contributed by atoms with Crippen molar-refractivity contribution in [2.75, 3.05) is 21.1 Å². The molecule has 1 aromatic carbocycles. The van der Waals surface area contributed by atoms with E-state index in [0.29, 0.717) is 0 Å². The molecule has 0 spiro atoms. The molecule has 0 aliphatic heterocycles. The van der Waals surface area contributed by atoms with E-state index < -0.39 is 7.04 Å². The predicted octanol–water partition coefficient (Wildman–Crippen LogP) is 1.81. The Labute approximate surface area is 104 Å². The van der Waals surface area contributed by atoms with Crippen molar-refractivity contribution >= 4 is 16.8 Å². The lowest BCUT2D eigenvalue weighted by atomic mass is 10.1. The second-order valence-electron chi connectivity index (χ2n) is 4.09. The fourth-order valence-corrected chi connectivity index (χ4v) is 1.69. The molecular weight excluding hydrogens is 216 g/mol. The van der Waals surface area contributed by atoms with Crippen molar-refractivity contribution in [3.05, 3.63) is 30.0 Å². The van der Waals surface area contributed by atoms with Gasteiger partial charge in [-0.05, 0) is 23.8 Å². The van der Waals surface area contributed by atoms with Gasteiger partial charge in [-0.2, -0.15) is 0 Å². The monoisotopic (exact) mass is 235 g/mol. The number of H-pyrrole nitrogens is 1. The Morgan fingerprint density at radius 3 is 3.06 bits per heavy atom. The van der Waals surface area contributed by atoms with Crippen molar-refractivity contribution < 1.29 is 13.6 Å². The van der Waals surface area contributed by atoms with Crippen molar-refractivity contribution in [2.24, 2.45) is 0 Å². The van der Waals surface area contributed by atoms with Gasteiger partial charge in [0.2, 0.25) is 5.91 Å². The molecule has 90 valence electrons. The van der Waals surface area contributed by atoms with Crippen LogP contribution in [0.4, 0.5) is 0 Å². The topological polar surface area (TPSA) is 45.3 Å². The summed E-state index contributed by atoms with van der Waals surface area (Å²) in [4.78, 5) is 16.3. The van der Waals surface area contributed by atoms with E-state index in [9.17, 15) is 4.79 Å². The standard InChI is InChI=1S/C13H16N2O2/c1-15(2)13(16)6-9-8-14-12-5-4-10(17-3)7-11(9)12/h4-5,7-8,14H,6H2,1-3H3/i3D3. The summed E-state index contributed by atoms with van der Waals surface area (Å²) in [6.07, 6.45) is 2.01. The minimum absolute atomic E-state index is 0.0203. The van der Waals surface area contributed by atoms with Gasteiger partial charge in [-0.15, -0.1) is 0 Å². The Morgan fingerprint density at radius 1 is 1.53 bits per heavy atom. The molecule has 1 N–H and O–H groups in total. The summed E-state index contributed by atoms with van der Waals surface area (Å²) in [7, 11) is 0.907. The van der Waals surface area contributed by atoms with Crippen molar-refractivity contribution in [2.45, 2.75) is 6.42 Å². The number of nitrogens with zero attached hydrogens (tertiary/aromatic N) is 1. The fraction of sp³-hybridized carbons (Fsp3) is 0.308. The molecule has 0 fully saturated rings. The number of amides is 1. The average molecular weight is 235 g/mol. The average Bonchev–Trinajstić information content (AvgIpc) is 2.70. The quantitative estimate of drug-likeness (QED) is 0.881. The highest BCUT2D eigenvalue weighted by molar-refractivity contribution is 5.89. The third-order valence-corrected chi connectivity index (χ3v) is 2.70. The van der Waals surface area contributed by atoms with E-state index in [0.717, 1.165) is 16.5 Å². The highest BCUT2D eigenvalue weighted by Gasteiger charge is 2.10. The normalized spacial score (nSPS) is 13.9. The van der Waals surface area contributed by atoms with Gasteiger partial charge in [0.1, 0.15) is 5.75 Å². The first-order valence-electron chi connectivity index (χ1n) is 6.75. The Kier molecular flexibility index (Phi) is 2.16. The molecule has 0 aliphatic rings. The number of nitrogens with one attached hydrogen (secondary N) is 1. The first kappa shape index (κ1) is 8.17. The highest BCUT2D eigenvalue weighted by atomic mass is 16.5. The van der Waals surface area contributed by atoms with Crippen LogP contribution in [0.5, 0.6) is 5.75 Å². The lowest BCUT2D eigenvalue weighted by molar-refractivity contribution is -0.127. The van der Waals surface area contributed by atoms with E-state index in [1.165, 1.54) is 4.90 Å². The molecule has 2 rings (SSSR count). The summed E-state index contributed by atoms with van der Waals surface area (Å²) in [6.45, 7) is 0. The fourth-order valence-electron chi connectivity index (χ4n) is 1.69. The minimum atomic E-state index is -2.48. The number of ether oxygens (including phenoxy) is 1. The summed E-state index contributed by atoms with van der Waals surface area (Å²) < 4.78 is 26.2. The zero-order valence-electron chi connectivity index (χ0n) is 12.8. The van der Waals surface area contributed by atoms with Crippen LogP contribution < -0.4 is 4.74 Å². The van der Waals surface area contributed by atoms with E-state index >= 15 is 0 Å². The van der Waals surface area contributed by atoms with E-state index in [1.807, 2.05) is 0 Å². The number of hydrogen-bond donors (Lipinski definition) is 1. The summed E-state index contributed by atoms with van der Waals surface area (Å²) in [5, 5.41) is 0.793. The molecule has 0 saturated carbocycles. The number of carbonyl (C=O) groups excluding carboxylic acids is 1. The molecule has 17 heavy (non-hydrogen) atoms. The van der Waals surface area contributed by atoms with Crippen molar-refractivity contribution in [3.8, 4) is 5.75 Å². The van der Waals surface area contributed by atoms with Crippen LogP contribution in [0.15, 0.2) is 24.4 Å². The van der Waals surface area contributed by atoms with Gasteiger partial charge in [-0.25, -0.2) is 0 Å². The number of aromatic nitrogens is 1. The van der Waals surface area contributed by atoms with Gasteiger partial charge in [-0.3, -0.25) is 4.79 Å². The Hall–Kier alpha value is -1.97. The molecule has 0 radical (unpaired) electrons. The number of carbonyl (C=O) groups is 1. The first-order chi connectivity index (χ1) is 9.26.